The van der Waals surface area contributed by atoms with E-state index in [0.29, 0.717) is 5.89 Å². The summed E-state index contributed by atoms with van der Waals surface area (Å²) in [4.78, 5) is 7.14. The molecule has 0 fully saturated rings. The largest absolute Gasteiger partial charge is 0.456 e. The Morgan fingerprint density at radius 1 is 0.423 bits per heavy atom. The molecule has 0 N–H and O–H groups in total. The van der Waals surface area contributed by atoms with Gasteiger partial charge in [-0.15, -0.1) is 0 Å². The maximum absolute atomic E-state index is 6.64. The quantitative estimate of drug-likeness (QED) is 0.183. The van der Waals surface area contributed by atoms with Gasteiger partial charge in [-0.3, -0.25) is 0 Å². The molecule has 11 aromatic rings. The fourth-order valence-electron chi connectivity index (χ4n) is 7.65. The molecule has 0 bridgehead atoms. The summed E-state index contributed by atoms with van der Waals surface area (Å²) in [5, 5.41) is 6.51. The fourth-order valence-corrected chi connectivity index (χ4v) is 7.65. The molecule has 11 rings (SSSR count). The second-order valence-corrected chi connectivity index (χ2v) is 13.1. The molecule has 3 aromatic heterocycles. The molecule has 0 amide bonds. The van der Waals surface area contributed by atoms with Crippen molar-refractivity contribution in [1.82, 2.24) is 4.98 Å². The van der Waals surface area contributed by atoms with Crippen LogP contribution in [0.1, 0.15) is 0 Å². The number of hydrogen-bond donors (Lipinski definition) is 0. The minimum Gasteiger partial charge on any atom is -0.456 e. The Morgan fingerprint density at radius 2 is 1.15 bits per heavy atom. The van der Waals surface area contributed by atoms with Gasteiger partial charge >= 0.3 is 0 Å². The summed E-state index contributed by atoms with van der Waals surface area (Å²) >= 11 is 0. The monoisotopic (exact) mass is 668 g/mol. The van der Waals surface area contributed by atoms with Crippen molar-refractivity contribution in [3.8, 4) is 22.6 Å². The van der Waals surface area contributed by atoms with Gasteiger partial charge < -0.3 is 18.2 Å². The lowest BCUT2D eigenvalue weighted by Gasteiger charge is -2.26. The molecule has 0 unspecified atom stereocenters. The van der Waals surface area contributed by atoms with E-state index in [1.165, 1.54) is 10.8 Å². The van der Waals surface area contributed by atoms with Crippen molar-refractivity contribution < 1.29 is 13.3 Å². The second-order valence-electron chi connectivity index (χ2n) is 13.1. The summed E-state index contributed by atoms with van der Waals surface area (Å²) in [7, 11) is 0. The number of fused-ring (bicyclic) bond motifs is 8. The van der Waals surface area contributed by atoms with E-state index in [0.717, 1.165) is 88.7 Å². The van der Waals surface area contributed by atoms with Gasteiger partial charge in [-0.05, 0) is 94.7 Å². The summed E-state index contributed by atoms with van der Waals surface area (Å²) in [5.41, 5.74) is 10.9. The van der Waals surface area contributed by atoms with Crippen molar-refractivity contribution in [2.75, 3.05) is 4.90 Å². The van der Waals surface area contributed by atoms with Crippen LogP contribution >= 0.6 is 0 Å². The third-order valence-electron chi connectivity index (χ3n) is 10.1. The topological polar surface area (TPSA) is 55.6 Å². The predicted molar refractivity (Wildman–Crippen MR) is 212 cm³/mol. The molecule has 0 aliphatic heterocycles. The van der Waals surface area contributed by atoms with Gasteiger partial charge in [0.2, 0.25) is 5.89 Å². The molecule has 5 nitrogen and oxygen atoms in total. The standard InChI is InChI=1S/C47H28N2O3/c1-2-11-30-26-32(23-22-29(30)10-1)31-12-7-13-33(27-31)49(40-18-8-15-36-35-14-3-5-19-41(35)51-46(36)40)34-24-25-42-38(28-34)45-37(16-9-21-44(45)50-42)47-48-39-17-4-6-20-43(39)52-47/h1-28H. The lowest BCUT2D eigenvalue weighted by atomic mass is 10.00. The van der Waals surface area contributed by atoms with Gasteiger partial charge in [0.15, 0.2) is 11.2 Å². The third-order valence-corrected chi connectivity index (χ3v) is 10.1. The van der Waals surface area contributed by atoms with Gasteiger partial charge in [-0.2, -0.15) is 0 Å². The van der Waals surface area contributed by atoms with Crippen molar-refractivity contribution in [2.45, 2.75) is 0 Å². The molecule has 0 spiro atoms. The Balaban J connectivity index is 1.15. The molecule has 0 saturated heterocycles. The zero-order chi connectivity index (χ0) is 34.2. The Labute approximate surface area is 297 Å². The van der Waals surface area contributed by atoms with Crippen LogP contribution in [0.5, 0.6) is 0 Å². The van der Waals surface area contributed by atoms with Gasteiger partial charge in [-0.25, -0.2) is 4.98 Å². The minimum absolute atomic E-state index is 0.562. The number of aromatic nitrogens is 1. The van der Waals surface area contributed by atoms with E-state index in [2.05, 4.69) is 126 Å². The van der Waals surface area contributed by atoms with Crippen LogP contribution in [0, 0.1) is 0 Å². The van der Waals surface area contributed by atoms with Crippen LogP contribution in [-0.4, -0.2) is 4.98 Å². The number of furan rings is 2. The Kier molecular flexibility index (Phi) is 6.18. The number of benzene rings is 8. The average Bonchev–Trinajstić information content (AvgIpc) is 3.92. The van der Waals surface area contributed by atoms with Crippen molar-refractivity contribution in [3.63, 3.8) is 0 Å². The third kappa shape index (κ3) is 4.46. The Hall–Kier alpha value is -7.11. The van der Waals surface area contributed by atoms with Crippen LogP contribution in [0.2, 0.25) is 0 Å². The van der Waals surface area contributed by atoms with Gasteiger partial charge in [0.1, 0.15) is 22.3 Å². The summed E-state index contributed by atoms with van der Waals surface area (Å²) in [6.45, 7) is 0. The molecule has 8 aromatic carbocycles. The fraction of sp³-hybridized carbons (Fsp3) is 0. The summed E-state index contributed by atoms with van der Waals surface area (Å²) in [5.74, 6) is 0.562. The average molecular weight is 669 g/mol. The Morgan fingerprint density at radius 3 is 2.10 bits per heavy atom. The molecule has 0 aliphatic rings. The number of rotatable bonds is 5. The summed E-state index contributed by atoms with van der Waals surface area (Å²) in [6, 6.07) is 58.7. The molecule has 0 atom stereocenters. The number of nitrogens with zero attached hydrogens (tertiary/aromatic N) is 2. The van der Waals surface area contributed by atoms with Crippen molar-refractivity contribution >= 4 is 82.8 Å². The number of hydrogen-bond acceptors (Lipinski definition) is 5. The van der Waals surface area contributed by atoms with Crippen molar-refractivity contribution in [2.24, 2.45) is 0 Å². The minimum atomic E-state index is 0.562. The zero-order valence-corrected chi connectivity index (χ0v) is 27.8. The van der Waals surface area contributed by atoms with E-state index >= 15 is 0 Å². The van der Waals surface area contributed by atoms with Crippen LogP contribution in [-0.2, 0) is 0 Å². The predicted octanol–water partition coefficient (Wildman–Crippen LogP) is 13.6. The molecule has 5 heteroatoms. The molecule has 0 aliphatic carbocycles. The molecule has 52 heavy (non-hydrogen) atoms. The van der Waals surface area contributed by atoms with Crippen LogP contribution in [0.3, 0.4) is 0 Å². The SMILES string of the molecule is c1cc(-c2ccc3ccccc3c2)cc(N(c2ccc3oc4cccc(-c5nc6ccccc6o5)c4c3c2)c2cccc3c2oc2ccccc23)c1. The van der Waals surface area contributed by atoms with Gasteiger partial charge in [0, 0.05) is 38.5 Å². The van der Waals surface area contributed by atoms with Crippen molar-refractivity contribution in [1.29, 1.82) is 0 Å². The van der Waals surface area contributed by atoms with Crippen LogP contribution in [0.25, 0.3) is 88.3 Å². The summed E-state index contributed by atoms with van der Waals surface area (Å²) < 4.78 is 19.4. The van der Waals surface area contributed by atoms with E-state index in [4.69, 9.17) is 18.2 Å². The molecule has 0 radical (unpaired) electrons. The molecular weight excluding hydrogens is 641 g/mol. The van der Waals surface area contributed by atoms with Crippen LogP contribution < -0.4 is 4.90 Å². The molecule has 3 heterocycles. The van der Waals surface area contributed by atoms with Gasteiger partial charge in [-0.1, -0.05) is 97.1 Å². The number of anilines is 3. The van der Waals surface area contributed by atoms with Gasteiger partial charge in [0.05, 0.1) is 5.69 Å². The highest BCUT2D eigenvalue weighted by atomic mass is 16.4. The van der Waals surface area contributed by atoms with E-state index < -0.39 is 0 Å². The molecule has 0 saturated carbocycles. The first kappa shape index (κ1) is 28.7. The van der Waals surface area contributed by atoms with Gasteiger partial charge in [0.25, 0.3) is 0 Å². The highest BCUT2D eigenvalue weighted by Crippen LogP contribution is 2.45. The number of para-hydroxylation sites is 4. The maximum Gasteiger partial charge on any atom is 0.228 e. The molecule has 244 valence electrons. The molecular formula is C47H28N2O3. The normalized spacial score (nSPS) is 11.8. The first-order valence-corrected chi connectivity index (χ1v) is 17.4. The smallest absolute Gasteiger partial charge is 0.228 e. The van der Waals surface area contributed by atoms with E-state index in [-0.39, 0.29) is 0 Å². The first-order valence-electron chi connectivity index (χ1n) is 17.4. The van der Waals surface area contributed by atoms with Crippen LogP contribution in [0.15, 0.2) is 183 Å². The highest BCUT2D eigenvalue weighted by Gasteiger charge is 2.22. The highest BCUT2D eigenvalue weighted by molar-refractivity contribution is 6.14. The van der Waals surface area contributed by atoms with Crippen LogP contribution in [0.4, 0.5) is 17.1 Å². The van der Waals surface area contributed by atoms with E-state index in [1.54, 1.807) is 0 Å². The van der Waals surface area contributed by atoms with Crippen molar-refractivity contribution in [3.05, 3.63) is 170 Å². The lowest BCUT2D eigenvalue weighted by molar-refractivity contribution is 0.620. The van der Waals surface area contributed by atoms with E-state index in [1.807, 2.05) is 48.5 Å². The lowest BCUT2D eigenvalue weighted by Crippen LogP contribution is -2.10. The number of oxazole rings is 1. The first-order chi connectivity index (χ1) is 25.7. The van der Waals surface area contributed by atoms with E-state index in [9.17, 15) is 0 Å². The maximum atomic E-state index is 6.64. The second kappa shape index (κ2) is 11.2. The zero-order valence-electron chi connectivity index (χ0n) is 27.8. The Bertz CT molecular complexity index is 3130. The summed E-state index contributed by atoms with van der Waals surface area (Å²) in [6.07, 6.45) is 0.